The molecule has 1 atom stereocenters. The third-order valence-electron chi connectivity index (χ3n) is 3.80. The van der Waals surface area contributed by atoms with Gasteiger partial charge >= 0.3 is 0 Å². The van der Waals surface area contributed by atoms with Crippen molar-refractivity contribution in [1.82, 2.24) is 0 Å². The van der Waals surface area contributed by atoms with Crippen molar-refractivity contribution >= 4 is 17.9 Å². The van der Waals surface area contributed by atoms with Crippen LogP contribution in [0.3, 0.4) is 0 Å². The van der Waals surface area contributed by atoms with Gasteiger partial charge in [-0.2, -0.15) is 0 Å². The van der Waals surface area contributed by atoms with Gasteiger partial charge in [0, 0.05) is 17.0 Å². The van der Waals surface area contributed by atoms with Gasteiger partial charge in [0.15, 0.2) is 0 Å². The molecule has 0 unspecified atom stereocenters. The van der Waals surface area contributed by atoms with Gasteiger partial charge in [0.25, 0.3) is 0 Å². The summed E-state index contributed by atoms with van der Waals surface area (Å²) in [6.45, 7) is 2.09. The third kappa shape index (κ3) is 2.10. The van der Waals surface area contributed by atoms with Crippen molar-refractivity contribution in [2.75, 3.05) is 0 Å². The summed E-state index contributed by atoms with van der Waals surface area (Å²) < 4.78 is 6.01. The maximum Gasteiger partial charge on any atom is 0.150 e. The number of hydrogen-bond acceptors (Lipinski definition) is 2. The zero-order valence-electron chi connectivity index (χ0n) is 10.8. The van der Waals surface area contributed by atoms with Crippen LogP contribution in [-0.2, 0) is 12.8 Å². The van der Waals surface area contributed by atoms with E-state index in [4.69, 9.17) is 16.3 Å². The Labute approximate surface area is 117 Å². The maximum absolute atomic E-state index is 11.1. The first kappa shape index (κ1) is 12.5. The Hall–Kier alpha value is -1.54. The van der Waals surface area contributed by atoms with Crippen molar-refractivity contribution in [3.8, 4) is 5.75 Å². The van der Waals surface area contributed by atoms with E-state index in [0.717, 1.165) is 48.2 Å². The molecule has 2 nitrogen and oxygen atoms in total. The summed E-state index contributed by atoms with van der Waals surface area (Å²) in [5.41, 5.74) is 2.92. The largest absolute Gasteiger partial charge is 0.459 e. The molecule has 3 heteroatoms. The molecule has 2 aliphatic carbocycles. The molecule has 98 valence electrons. The standard InChI is InChI=1S/C16H15ClO2/c1-10-4-2-7-15(10)19-16-13-6-3-5-12(13)11(9-18)8-14(16)17/h2,4,7-10H,3,5-6H2,1H3/t10-/m0/s1. The fraction of sp³-hybridized carbons (Fsp3) is 0.312. The van der Waals surface area contributed by atoms with Crippen LogP contribution in [0.1, 0.15) is 34.8 Å². The van der Waals surface area contributed by atoms with Crippen LogP contribution < -0.4 is 4.74 Å². The Morgan fingerprint density at radius 2 is 2.16 bits per heavy atom. The minimum atomic E-state index is 0.277. The van der Waals surface area contributed by atoms with Gasteiger partial charge in [-0.1, -0.05) is 30.7 Å². The van der Waals surface area contributed by atoms with Gasteiger partial charge in [0.2, 0.25) is 0 Å². The van der Waals surface area contributed by atoms with Crippen LogP contribution >= 0.6 is 11.6 Å². The van der Waals surface area contributed by atoms with Gasteiger partial charge in [-0.05, 0) is 37.0 Å². The second-order valence-electron chi connectivity index (χ2n) is 5.05. The molecular formula is C16H15ClO2. The number of fused-ring (bicyclic) bond motifs is 1. The first-order valence-corrected chi connectivity index (χ1v) is 6.94. The number of hydrogen-bond donors (Lipinski definition) is 0. The second kappa shape index (κ2) is 4.86. The topological polar surface area (TPSA) is 26.3 Å². The molecule has 0 aromatic heterocycles. The summed E-state index contributed by atoms with van der Waals surface area (Å²) in [7, 11) is 0. The van der Waals surface area contributed by atoms with Gasteiger partial charge in [0.1, 0.15) is 17.8 Å². The Morgan fingerprint density at radius 3 is 2.84 bits per heavy atom. The molecule has 1 aromatic carbocycles. The minimum Gasteiger partial charge on any atom is -0.459 e. The lowest BCUT2D eigenvalue weighted by molar-refractivity contribution is 0.112. The molecular weight excluding hydrogens is 260 g/mol. The smallest absolute Gasteiger partial charge is 0.150 e. The normalized spacial score (nSPS) is 20.3. The molecule has 0 bridgehead atoms. The zero-order valence-corrected chi connectivity index (χ0v) is 11.5. The highest BCUT2D eigenvalue weighted by molar-refractivity contribution is 6.32. The number of benzene rings is 1. The number of allylic oxidation sites excluding steroid dienone is 3. The Bertz CT molecular complexity index is 599. The quantitative estimate of drug-likeness (QED) is 0.776. The molecule has 0 aliphatic heterocycles. The van der Waals surface area contributed by atoms with Gasteiger partial charge in [-0.3, -0.25) is 4.79 Å². The molecule has 0 heterocycles. The maximum atomic E-state index is 11.1. The van der Waals surface area contributed by atoms with Crippen molar-refractivity contribution in [3.63, 3.8) is 0 Å². The number of aldehydes is 1. The van der Waals surface area contributed by atoms with Gasteiger partial charge in [-0.15, -0.1) is 0 Å². The first-order chi connectivity index (χ1) is 9.20. The zero-order chi connectivity index (χ0) is 13.4. The molecule has 0 saturated carbocycles. The highest BCUT2D eigenvalue weighted by atomic mass is 35.5. The molecule has 0 fully saturated rings. The van der Waals surface area contributed by atoms with E-state index >= 15 is 0 Å². The predicted molar refractivity (Wildman–Crippen MR) is 75.9 cm³/mol. The lowest BCUT2D eigenvalue weighted by atomic mass is 10.0. The van der Waals surface area contributed by atoms with Gasteiger partial charge in [-0.25, -0.2) is 0 Å². The number of ether oxygens (including phenoxy) is 1. The van der Waals surface area contributed by atoms with E-state index in [1.54, 1.807) is 6.07 Å². The molecule has 0 amide bonds. The molecule has 1 aromatic rings. The minimum absolute atomic E-state index is 0.277. The number of rotatable bonds is 3. The van der Waals surface area contributed by atoms with Crippen LogP contribution in [-0.4, -0.2) is 6.29 Å². The Kier molecular flexibility index (Phi) is 3.19. The number of carbonyl (C=O) groups is 1. The van der Waals surface area contributed by atoms with E-state index in [-0.39, 0.29) is 5.92 Å². The molecule has 3 rings (SSSR count). The van der Waals surface area contributed by atoms with Crippen molar-refractivity contribution in [3.05, 3.63) is 51.8 Å². The van der Waals surface area contributed by atoms with E-state index in [1.807, 2.05) is 12.2 Å². The molecule has 0 saturated heterocycles. The first-order valence-electron chi connectivity index (χ1n) is 6.56. The molecule has 0 N–H and O–H groups in total. The summed E-state index contributed by atoms with van der Waals surface area (Å²) in [4.78, 5) is 11.1. The van der Waals surface area contributed by atoms with Crippen LogP contribution in [0.5, 0.6) is 5.75 Å². The summed E-state index contributed by atoms with van der Waals surface area (Å²) in [5, 5.41) is 0.530. The van der Waals surface area contributed by atoms with Gasteiger partial charge in [0.05, 0.1) is 5.02 Å². The highest BCUT2D eigenvalue weighted by Gasteiger charge is 2.24. The van der Waals surface area contributed by atoms with Crippen LogP contribution in [0.4, 0.5) is 0 Å². The van der Waals surface area contributed by atoms with E-state index in [9.17, 15) is 4.79 Å². The fourth-order valence-corrected chi connectivity index (χ4v) is 3.04. The Morgan fingerprint density at radius 1 is 1.37 bits per heavy atom. The van der Waals surface area contributed by atoms with Crippen molar-refractivity contribution in [2.24, 2.45) is 5.92 Å². The van der Waals surface area contributed by atoms with Crippen molar-refractivity contribution < 1.29 is 9.53 Å². The summed E-state index contributed by atoms with van der Waals surface area (Å²) in [6.07, 6.45) is 9.86. The van der Waals surface area contributed by atoms with Crippen molar-refractivity contribution in [2.45, 2.75) is 26.2 Å². The SMILES string of the molecule is C[C@H]1C=CC=C1Oc1c(Cl)cc(C=O)c2c1CCC2. The van der Waals surface area contributed by atoms with Crippen LogP contribution in [0, 0.1) is 5.92 Å². The van der Waals surface area contributed by atoms with E-state index in [2.05, 4.69) is 13.0 Å². The van der Waals surface area contributed by atoms with Gasteiger partial charge < -0.3 is 4.74 Å². The molecule has 19 heavy (non-hydrogen) atoms. The molecule has 0 spiro atoms. The second-order valence-corrected chi connectivity index (χ2v) is 5.46. The predicted octanol–water partition coefficient (Wildman–Crippen LogP) is 4.11. The lowest BCUT2D eigenvalue weighted by Gasteiger charge is -2.16. The third-order valence-corrected chi connectivity index (χ3v) is 4.08. The fourth-order valence-electron chi connectivity index (χ4n) is 2.77. The van der Waals surface area contributed by atoms with Crippen LogP contribution in [0.25, 0.3) is 0 Å². The van der Waals surface area contributed by atoms with E-state index in [0.29, 0.717) is 10.6 Å². The molecule has 2 aliphatic rings. The average molecular weight is 275 g/mol. The number of carbonyl (C=O) groups excluding carboxylic acids is 1. The summed E-state index contributed by atoms with van der Waals surface area (Å²) in [5.74, 6) is 1.93. The van der Waals surface area contributed by atoms with E-state index in [1.165, 1.54) is 0 Å². The van der Waals surface area contributed by atoms with Crippen molar-refractivity contribution in [1.29, 1.82) is 0 Å². The lowest BCUT2D eigenvalue weighted by Crippen LogP contribution is -2.04. The number of halogens is 1. The highest BCUT2D eigenvalue weighted by Crippen LogP contribution is 2.40. The summed E-state index contributed by atoms with van der Waals surface area (Å²) >= 11 is 6.29. The van der Waals surface area contributed by atoms with Crippen LogP contribution in [0.2, 0.25) is 5.02 Å². The Balaban J connectivity index is 2.02. The van der Waals surface area contributed by atoms with Crippen LogP contribution in [0.15, 0.2) is 30.1 Å². The van der Waals surface area contributed by atoms with E-state index < -0.39 is 0 Å². The molecule has 0 radical (unpaired) electrons. The summed E-state index contributed by atoms with van der Waals surface area (Å²) in [6, 6.07) is 1.72. The average Bonchev–Trinajstić information content (AvgIpc) is 3.02. The monoisotopic (exact) mass is 274 g/mol.